The summed E-state index contributed by atoms with van der Waals surface area (Å²) in [6, 6.07) is 7.78. The van der Waals surface area contributed by atoms with Crippen molar-refractivity contribution in [2.45, 2.75) is 51.0 Å². The maximum Gasteiger partial charge on any atom is 0.344 e. The number of rotatable bonds is 4. The molecule has 0 spiro atoms. The number of benzene rings is 1. The van der Waals surface area contributed by atoms with Gasteiger partial charge in [0.1, 0.15) is 11.4 Å². The molecule has 0 aliphatic heterocycles. The summed E-state index contributed by atoms with van der Waals surface area (Å²) in [5, 5.41) is 0. The zero-order valence-electron chi connectivity index (χ0n) is 13.2. The highest BCUT2D eigenvalue weighted by atomic mass is 16.6. The van der Waals surface area contributed by atoms with Gasteiger partial charge in [0.05, 0.1) is 0 Å². The number of carbonyl (C=O) groups excluding carboxylic acids is 1. The zero-order valence-corrected chi connectivity index (χ0v) is 13.2. The van der Waals surface area contributed by atoms with Gasteiger partial charge in [-0.25, -0.2) is 4.79 Å². The first-order valence-electron chi connectivity index (χ1n) is 8.51. The summed E-state index contributed by atoms with van der Waals surface area (Å²) in [5.74, 6) is 2.90. The molecule has 1 aromatic carbocycles. The van der Waals surface area contributed by atoms with Crippen molar-refractivity contribution < 1.29 is 14.3 Å². The summed E-state index contributed by atoms with van der Waals surface area (Å²) >= 11 is 0. The highest BCUT2D eigenvalue weighted by Crippen LogP contribution is 2.57. The second-order valence-electron chi connectivity index (χ2n) is 7.68. The molecule has 4 bridgehead atoms. The Hall–Kier alpha value is -1.51. The fraction of sp³-hybridized carbons (Fsp3) is 0.632. The lowest BCUT2D eigenvalue weighted by atomic mass is 9.54. The molecule has 4 aliphatic rings. The van der Waals surface area contributed by atoms with E-state index in [9.17, 15) is 4.79 Å². The van der Waals surface area contributed by atoms with Crippen LogP contribution >= 0.6 is 0 Å². The van der Waals surface area contributed by atoms with Crippen LogP contribution in [0, 0.1) is 24.7 Å². The maximum absolute atomic E-state index is 12.2. The number of carbonyl (C=O) groups is 1. The number of aryl methyl sites for hydroxylation is 1. The van der Waals surface area contributed by atoms with Crippen molar-refractivity contribution >= 4 is 5.97 Å². The zero-order chi connectivity index (χ0) is 15.2. The van der Waals surface area contributed by atoms with Gasteiger partial charge in [0.15, 0.2) is 6.61 Å². The van der Waals surface area contributed by atoms with E-state index >= 15 is 0 Å². The predicted molar refractivity (Wildman–Crippen MR) is 83.7 cm³/mol. The van der Waals surface area contributed by atoms with Crippen molar-refractivity contribution in [2.75, 3.05) is 6.61 Å². The van der Waals surface area contributed by atoms with Gasteiger partial charge in [0.25, 0.3) is 0 Å². The summed E-state index contributed by atoms with van der Waals surface area (Å²) in [4.78, 5) is 12.2. The van der Waals surface area contributed by atoms with Crippen LogP contribution in [0.3, 0.4) is 0 Å². The second-order valence-corrected chi connectivity index (χ2v) is 7.68. The molecule has 0 heterocycles. The minimum Gasteiger partial charge on any atom is -0.482 e. The highest BCUT2D eigenvalue weighted by Gasteiger charge is 2.53. The lowest BCUT2D eigenvalue weighted by Crippen LogP contribution is -2.53. The molecule has 4 fully saturated rings. The third-order valence-electron chi connectivity index (χ3n) is 5.66. The van der Waals surface area contributed by atoms with Crippen LogP contribution in [0.25, 0.3) is 0 Å². The van der Waals surface area contributed by atoms with Crippen molar-refractivity contribution in [3.63, 3.8) is 0 Å². The standard InChI is InChI=1S/C19H24O3/c1-13-3-2-4-17(5-13)21-12-18(20)22-19-9-14-6-15(10-19)8-16(7-14)11-19/h2-5,14-16H,6-12H2,1H3. The number of hydrogen-bond acceptors (Lipinski definition) is 3. The van der Waals surface area contributed by atoms with Gasteiger partial charge in [-0.05, 0) is 80.9 Å². The van der Waals surface area contributed by atoms with Crippen LogP contribution < -0.4 is 4.74 Å². The second kappa shape index (κ2) is 5.29. The Labute approximate surface area is 132 Å². The molecule has 3 nitrogen and oxygen atoms in total. The highest BCUT2D eigenvalue weighted by molar-refractivity contribution is 5.71. The summed E-state index contributed by atoms with van der Waals surface area (Å²) in [6.07, 6.45) is 7.31. The van der Waals surface area contributed by atoms with E-state index in [1.165, 1.54) is 19.3 Å². The van der Waals surface area contributed by atoms with E-state index in [1.807, 2.05) is 31.2 Å². The molecule has 22 heavy (non-hydrogen) atoms. The van der Waals surface area contributed by atoms with E-state index in [-0.39, 0.29) is 18.2 Å². The first-order valence-corrected chi connectivity index (χ1v) is 8.51. The van der Waals surface area contributed by atoms with Crippen molar-refractivity contribution in [3.8, 4) is 5.75 Å². The number of esters is 1. The first-order chi connectivity index (χ1) is 10.6. The number of ether oxygens (including phenoxy) is 2. The van der Waals surface area contributed by atoms with E-state index in [2.05, 4.69) is 0 Å². The lowest BCUT2D eigenvalue weighted by Gasteiger charge is -2.55. The van der Waals surface area contributed by atoms with Crippen LogP contribution in [0.1, 0.15) is 44.1 Å². The molecule has 0 radical (unpaired) electrons. The minimum absolute atomic E-state index is 0.0191. The molecule has 4 saturated carbocycles. The predicted octanol–water partition coefficient (Wildman–Crippen LogP) is 3.89. The van der Waals surface area contributed by atoms with Crippen molar-refractivity contribution in [3.05, 3.63) is 29.8 Å². The molecular formula is C19H24O3. The topological polar surface area (TPSA) is 35.5 Å². The summed E-state index contributed by atoms with van der Waals surface area (Å²) in [6.45, 7) is 2.03. The number of hydrogen-bond donors (Lipinski definition) is 0. The third kappa shape index (κ3) is 2.73. The van der Waals surface area contributed by atoms with Crippen LogP contribution in [0.2, 0.25) is 0 Å². The Balaban J connectivity index is 1.36. The molecule has 0 atom stereocenters. The van der Waals surface area contributed by atoms with Gasteiger partial charge in [-0.2, -0.15) is 0 Å². The molecule has 1 aromatic rings. The quantitative estimate of drug-likeness (QED) is 0.791. The Bertz CT molecular complexity index is 543. The average molecular weight is 300 g/mol. The van der Waals surface area contributed by atoms with E-state index < -0.39 is 0 Å². The van der Waals surface area contributed by atoms with Gasteiger partial charge in [0, 0.05) is 0 Å². The Kier molecular flexibility index (Phi) is 3.39. The van der Waals surface area contributed by atoms with Crippen LogP contribution in [0.15, 0.2) is 24.3 Å². The van der Waals surface area contributed by atoms with E-state index in [0.29, 0.717) is 0 Å². The Morgan fingerprint density at radius 1 is 1.14 bits per heavy atom. The van der Waals surface area contributed by atoms with Crippen molar-refractivity contribution in [1.82, 2.24) is 0 Å². The van der Waals surface area contributed by atoms with Crippen LogP contribution in [-0.2, 0) is 9.53 Å². The summed E-state index contributed by atoms with van der Waals surface area (Å²) in [7, 11) is 0. The summed E-state index contributed by atoms with van der Waals surface area (Å²) in [5.41, 5.74) is 0.967. The van der Waals surface area contributed by atoms with Gasteiger partial charge in [-0.15, -0.1) is 0 Å². The fourth-order valence-corrected chi connectivity index (χ4v) is 5.27. The average Bonchev–Trinajstić information content (AvgIpc) is 2.43. The van der Waals surface area contributed by atoms with Crippen molar-refractivity contribution in [1.29, 1.82) is 0 Å². The molecule has 0 N–H and O–H groups in total. The molecule has 5 rings (SSSR count). The molecular weight excluding hydrogens is 276 g/mol. The first kappa shape index (κ1) is 14.1. The smallest absolute Gasteiger partial charge is 0.344 e. The molecule has 3 heteroatoms. The van der Waals surface area contributed by atoms with Crippen molar-refractivity contribution in [2.24, 2.45) is 17.8 Å². The lowest BCUT2D eigenvalue weighted by molar-refractivity contribution is -0.188. The molecule has 0 amide bonds. The van der Waals surface area contributed by atoms with Gasteiger partial charge in [-0.3, -0.25) is 0 Å². The van der Waals surface area contributed by atoms with Gasteiger partial charge < -0.3 is 9.47 Å². The van der Waals surface area contributed by atoms with Crippen LogP contribution in [0.4, 0.5) is 0 Å². The molecule has 4 aliphatic carbocycles. The molecule has 118 valence electrons. The van der Waals surface area contributed by atoms with Crippen LogP contribution in [0.5, 0.6) is 5.75 Å². The monoisotopic (exact) mass is 300 g/mol. The Morgan fingerprint density at radius 2 is 1.77 bits per heavy atom. The molecule has 0 saturated heterocycles. The van der Waals surface area contributed by atoms with E-state index in [1.54, 1.807) is 0 Å². The van der Waals surface area contributed by atoms with Gasteiger partial charge >= 0.3 is 5.97 Å². The maximum atomic E-state index is 12.2. The minimum atomic E-state index is -0.205. The normalized spacial score (nSPS) is 35.4. The fourth-order valence-electron chi connectivity index (χ4n) is 5.27. The van der Waals surface area contributed by atoms with Gasteiger partial charge in [0.2, 0.25) is 0 Å². The SMILES string of the molecule is Cc1cccc(OCC(=O)OC23CC4CC(CC(C4)C2)C3)c1. The summed E-state index contributed by atoms with van der Waals surface area (Å²) < 4.78 is 11.5. The van der Waals surface area contributed by atoms with E-state index in [0.717, 1.165) is 48.3 Å². The molecule has 0 unspecified atom stereocenters. The third-order valence-corrected chi connectivity index (χ3v) is 5.66. The molecule has 0 aromatic heterocycles. The Morgan fingerprint density at radius 3 is 2.36 bits per heavy atom. The van der Waals surface area contributed by atoms with Gasteiger partial charge in [-0.1, -0.05) is 12.1 Å². The van der Waals surface area contributed by atoms with E-state index in [4.69, 9.17) is 9.47 Å². The van der Waals surface area contributed by atoms with Crippen LogP contribution in [-0.4, -0.2) is 18.2 Å². The largest absolute Gasteiger partial charge is 0.482 e.